The number of hydrogen-bond donors (Lipinski definition) is 1. The van der Waals surface area contributed by atoms with Gasteiger partial charge in [0, 0.05) is 37.1 Å². The van der Waals surface area contributed by atoms with Gasteiger partial charge in [0.2, 0.25) is 0 Å². The van der Waals surface area contributed by atoms with Crippen molar-refractivity contribution in [1.82, 2.24) is 14.3 Å². The fraction of sp³-hybridized carbons (Fsp3) is 0.235. The van der Waals surface area contributed by atoms with Crippen LogP contribution in [0.5, 0.6) is 17.2 Å². The van der Waals surface area contributed by atoms with Crippen molar-refractivity contribution in [3.8, 4) is 28.5 Å². The molecule has 1 N–H and O–H groups in total. The number of nitrogens with one attached hydrogen (secondary N) is 1. The molecule has 42 heavy (non-hydrogen) atoms. The second-order valence-electron chi connectivity index (χ2n) is 10.5. The summed E-state index contributed by atoms with van der Waals surface area (Å²) in [7, 11) is 3.35. The zero-order valence-corrected chi connectivity index (χ0v) is 24.1. The Morgan fingerprint density at radius 1 is 0.929 bits per heavy atom. The summed E-state index contributed by atoms with van der Waals surface area (Å²) in [6.45, 7) is 4.43. The third-order valence-electron chi connectivity index (χ3n) is 7.63. The molecule has 5 aromatic rings. The first-order chi connectivity index (χ1) is 20.5. The van der Waals surface area contributed by atoms with Gasteiger partial charge in [0.05, 0.1) is 25.6 Å². The fourth-order valence-corrected chi connectivity index (χ4v) is 5.41. The van der Waals surface area contributed by atoms with E-state index in [1.54, 1.807) is 14.2 Å². The van der Waals surface area contributed by atoms with Crippen molar-refractivity contribution in [3.63, 3.8) is 0 Å². The van der Waals surface area contributed by atoms with Crippen LogP contribution in [0.15, 0.2) is 85.1 Å². The smallest absolute Gasteiger partial charge is 0.262 e. The summed E-state index contributed by atoms with van der Waals surface area (Å²) >= 11 is 0. The van der Waals surface area contributed by atoms with Crippen LogP contribution >= 0.6 is 0 Å². The lowest BCUT2D eigenvalue weighted by molar-refractivity contribution is -0.118. The van der Waals surface area contributed by atoms with Crippen molar-refractivity contribution < 1.29 is 19.0 Å². The van der Waals surface area contributed by atoms with Crippen LogP contribution in [0.25, 0.3) is 16.9 Å². The van der Waals surface area contributed by atoms with Gasteiger partial charge in [0.1, 0.15) is 11.4 Å². The Labute approximate surface area is 245 Å². The van der Waals surface area contributed by atoms with Crippen molar-refractivity contribution in [2.24, 2.45) is 0 Å². The SMILES string of the molecule is COc1cc2c(cc1OC)CN(Cc1c(-c3ccc(NC(=O)COc4ccc(C)cc4)cc3)nc3ccccn13)CC2. The third kappa shape index (κ3) is 5.80. The minimum Gasteiger partial charge on any atom is -0.493 e. The lowest BCUT2D eigenvalue weighted by Gasteiger charge is -2.29. The highest BCUT2D eigenvalue weighted by Gasteiger charge is 2.23. The molecule has 214 valence electrons. The molecule has 8 heteroatoms. The van der Waals surface area contributed by atoms with Gasteiger partial charge in [0.25, 0.3) is 5.91 Å². The number of rotatable bonds is 9. The molecule has 1 amide bonds. The number of anilines is 1. The van der Waals surface area contributed by atoms with Gasteiger partial charge in [-0.2, -0.15) is 0 Å². The highest BCUT2D eigenvalue weighted by molar-refractivity contribution is 5.92. The van der Waals surface area contributed by atoms with Crippen molar-refractivity contribution in [2.45, 2.75) is 26.4 Å². The highest BCUT2D eigenvalue weighted by atomic mass is 16.5. The minimum atomic E-state index is -0.212. The van der Waals surface area contributed by atoms with Gasteiger partial charge < -0.3 is 23.9 Å². The first-order valence-electron chi connectivity index (χ1n) is 14.0. The lowest BCUT2D eigenvalue weighted by atomic mass is 9.98. The molecule has 1 aliphatic rings. The molecule has 3 aromatic carbocycles. The summed E-state index contributed by atoms with van der Waals surface area (Å²) in [5, 5.41) is 2.92. The van der Waals surface area contributed by atoms with Crippen LogP contribution in [-0.2, 0) is 24.3 Å². The fourth-order valence-electron chi connectivity index (χ4n) is 5.41. The number of aromatic nitrogens is 2. The number of pyridine rings is 1. The molecule has 3 heterocycles. The number of hydrogen-bond acceptors (Lipinski definition) is 6. The van der Waals surface area contributed by atoms with Crippen molar-refractivity contribution in [1.29, 1.82) is 0 Å². The monoisotopic (exact) mass is 562 g/mol. The van der Waals surface area contributed by atoms with E-state index in [-0.39, 0.29) is 12.5 Å². The summed E-state index contributed by atoms with van der Waals surface area (Å²) in [6.07, 6.45) is 3.00. The summed E-state index contributed by atoms with van der Waals surface area (Å²) in [5.41, 5.74) is 8.34. The van der Waals surface area contributed by atoms with E-state index in [1.807, 2.05) is 73.7 Å². The Morgan fingerprint density at radius 3 is 2.40 bits per heavy atom. The number of imidazole rings is 1. The molecule has 6 rings (SSSR count). The maximum atomic E-state index is 12.5. The second kappa shape index (κ2) is 12.0. The van der Waals surface area contributed by atoms with Gasteiger partial charge in [-0.15, -0.1) is 0 Å². The van der Waals surface area contributed by atoms with Crippen molar-refractivity contribution >= 4 is 17.2 Å². The third-order valence-corrected chi connectivity index (χ3v) is 7.63. The Kier molecular flexibility index (Phi) is 7.79. The zero-order valence-electron chi connectivity index (χ0n) is 24.1. The predicted molar refractivity (Wildman–Crippen MR) is 163 cm³/mol. The molecule has 2 aromatic heterocycles. The Morgan fingerprint density at radius 2 is 1.67 bits per heavy atom. The molecule has 0 atom stereocenters. The Hall–Kier alpha value is -4.82. The number of methoxy groups -OCH3 is 2. The van der Waals surface area contributed by atoms with E-state index in [0.717, 1.165) is 65.7 Å². The zero-order chi connectivity index (χ0) is 29.1. The normalized spacial score (nSPS) is 13.0. The van der Waals surface area contributed by atoms with Gasteiger partial charge in [0.15, 0.2) is 18.1 Å². The second-order valence-corrected chi connectivity index (χ2v) is 10.5. The number of nitrogens with zero attached hydrogens (tertiary/aromatic N) is 3. The Balaban J connectivity index is 1.19. The van der Waals surface area contributed by atoms with Crippen LogP contribution in [0.1, 0.15) is 22.4 Å². The number of carbonyl (C=O) groups excluding carboxylic acids is 1. The van der Waals surface area contributed by atoms with Gasteiger partial charge in [-0.05, 0) is 73.0 Å². The summed E-state index contributed by atoms with van der Waals surface area (Å²) < 4.78 is 18.8. The van der Waals surface area contributed by atoms with Crippen LogP contribution in [-0.4, -0.2) is 47.6 Å². The maximum absolute atomic E-state index is 12.5. The number of amides is 1. The molecule has 0 fully saturated rings. The molecule has 0 saturated heterocycles. The first-order valence-corrected chi connectivity index (χ1v) is 14.0. The summed E-state index contributed by atoms with van der Waals surface area (Å²) in [6, 6.07) is 25.7. The maximum Gasteiger partial charge on any atom is 0.262 e. The number of carbonyl (C=O) groups is 1. The number of aryl methyl sites for hydroxylation is 1. The molecule has 8 nitrogen and oxygen atoms in total. The standard InChI is InChI=1S/C34H34N4O4/c1-23-7-13-28(14-8-23)42-22-33(39)35-27-11-9-24(10-12-27)34-29(38-16-5-4-6-32(38)36-34)21-37-17-15-25-18-30(40-2)31(41-3)19-26(25)20-37/h4-14,16,18-19H,15,17,20-22H2,1-3H3,(H,35,39). The van der Waals surface area contributed by atoms with E-state index in [4.69, 9.17) is 19.2 Å². The quantitative estimate of drug-likeness (QED) is 0.241. The molecule has 0 aliphatic carbocycles. The van der Waals surface area contributed by atoms with Crippen LogP contribution in [0.2, 0.25) is 0 Å². The van der Waals surface area contributed by atoms with Crippen molar-refractivity contribution in [3.05, 3.63) is 107 Å². The van der Waals surface area contributed by atoms with Crippen LogP contribution < -0.4 is 19.5 Å². The van der Waals surface area contributed by atoms with Crippen molar-refractivity contribution in [2.75, 3.05) is 32.7 Å². The first kappa shape index (κ1) is 27.4. The molecule has 0 unspecified atom stereocenters. The summed E-state index contributed by atoms with van der Waals surface area (Å²) in [4.78, 5) is 19.9. The molecule has 1 aliphatic heterocycles. The number of fused-ring (bicyclic) bond motifs is 2. The summed E-state index contributed by atoms with van der Waals surface area (Å²) in [5.74, 6) is 1.98. The van der Waals surface area contributed by atoms with E-state index in [9.17, 15) is 4.79 Å². The average Bonchev–Trinajstić information content (AvgIpc) is 3.38. The predicted octanol–water partition coefficient (Wildman–Crippen LogP) is 5.90. The van der Waals surface area contributed by atoms with Gasteiger partial charge >= 0.3 is 0 Å². The molecule has 0 bridgehead atoms. The van der Waals surface area contributed by atoms with E-state index in [1.165, 1.54) is 11.1 Å². The Bertz CT molecular complexity index is 1710. The average molecular weight is 563 g/mol. The van der Waals surface area contributed by atoms with Gasteiger partial charge in [-0.25, -0.2) is 4.98 Å². The molecule has 0 radical (unpaired) electrons. The van der Waals surface area contributed by atoms with Crippen LogP contribution in [0.4, 0.5) is 5.69 Å². The van der Waals surface area contributed by atoms with Gasteiger partial charge in [-0.1, -0.05) is 35.9 Å². The molecular weight excluding hydrogens is 528 g/mol. The topological polar surface area (TPSA) is 77.3 Å². The van der Waals surface area contributed by atoms with Gasteiger partial charge in [-0.3, -0.25) is 9.69 Å². The van der Waals surface area contributed by atoms with Crippen LogP contribution in [0.3, 0.4) is 0 Å². The molecular formula is C34H34N4O4. The van der Waals surface area contributed by atoms with E-state index in [2.05, 4.69) is 32.9 Å². The van der Waals surface area contributed by atoms with E-state index in [0.29, 0.717) is 11.4 Å². The largest absolute Gasteiger partial charge is 0.493 e. The van der Waals surface area contributed by atoms with Crippen LogP contribution in [0, 0.1) is 6.92 Å². The number of benzene rings is 3. The van der Waals surface area contributed by atoms with E-state index >= 15 is 0 Å². The number of ether oxygens (including phenoxy) is 3. The lowest BCUT2D eigenvalue weighted by Crippen LogP contribution is -2.30. The highest BCUT2D eigenvalue weighted by Crippen LogP contribution is 2.34. The van der Waals surface area contributed by atoms with E-state index < -0.39 is 0 Å². The molecule has 0 spiro atoms. The minimum absolute atomic E-state index is 0.0565. The molecule has 0 saturated carbocycles.